The molecule has 8 heteroatoms. The fourth-order valence-electron chi connectivity index (χ4n) is 1.17. The second-order valence-electron chi connectivity index (χ2n) is 3.55. The van der Waals surface area contributed by atoms with E-state index in [1.165, 1.54) is 18.7 Å². The van der Waals surface area contributed by atoms with Crippen LogP contribution in [0.2, 0.25) is 0 Å². The number of aryl methyl sites for hydroxylation is 1. The Morgan fingerprint density at radius 2 is 2.11 bits per heavy atom. The summed E-state index contributed by atoms with van der Waals surface area (Å²) in [5, 5.41) is 18.9. The van der Waals surface area contributed by atoms with Crippen LogP contribution in [0.3, 0.4) is 0 Å². The summed E-state index contributed by atoms with van der Waals surface area (Å²) in [4.78, 5) is 21.7. The minimum Gasteiger partial charge on any atom is -0.480 e. The molecule has 0 aromatic carbocycles. The molecule has 0 aliphatic rings. The number of thioether (sulfide) groups is 1. The average Bonchev–Trinajstić information content (AvgIpc) is 2.75. The number of carboxylic acids is 1. The van der Waals surface area contributed by atoms with Gasteiger partial charge in [0.05, 0.1) is 5.75 Å². The Morgan fingerprint density at radius 1 is 1.44 bits per heavy atom. The molecule has 1 unspecified atom stereocenters. The Labute approximate surface area is 108 Å². The standard InChI is InChI=1S/C10H15N3O4S/c1-3-8-12-13-9(17-8)5-18-4-7(10(15)16)11-6(2)14/h7H,3-5H2,1-2H3,(H,11,14)(H,15,16). The van der Waals surface area contributed by atoms with E-state index >= 15 is 0 Å². The van der Waals surface area contributed by atoms with Gasteiger partial charge >= 0.3 is 5.97 Å². The average molecular weight is 273 g/mol. The largest absolute Gasteiger partial charge is 0.480 e. The van der Waals surface area contributed by atoms with Crippen molar-refractivity contribution in [3.05, 3.63) is 11.8 Å². The predicted molar refractivity (Wildman–Crippen MR) is 65.1 cm³/mol. The van der Waals surface area contributed by atoms with Crippen LogP contribution in [0.5, 0.6) is 0 Å². The van der Waals surface area contributed by atoms with Gasteiger partial charge in [0.15, 0.2) is 0 Å². The fraction of sp³-hybridized carbons (Fsp3) is 0.600. The predicted octanol–water partition coefficient (Wildman–Crippen LogP) is 0.454. The molecule has 2 N–H and O–H groups in total. The van der Waals surface area contributed by atoms with Gasteiger partial charge in [-0.15, -0.1) is 22.0 Å². The van der Waals surface area contributed by atoms with Crippen molar-refractivity contribution in [2.75, 3.05) is 5.75 Å². The van der Waals surface area contributed by atoms with E-state index < -0.39 is 12.0 Å². The zero-order valence-electron chi connectivity index (χ0n) is 10.2. The van der Waals surface area contributed by atoms with Crippen molar-refractivity contribution >= 4 is 23.6 Å². The van der Waals surface area contributed by atoms with Crippen molar-refractivity contribution in [2.24, 2.45) is 0 Å². The third-order valence-corrected chi connectivity index (χ3v) is 3.02. The monoisotopic (exact) mass is 273 g/mol. The van der Waals surface area contributed by atoms with E-state index in [0.29, 0.717) is 24.0 Å². The normalized spacial score (nSPS) is 12.1. The van der Waals surface area contributed by atoms with Crippen LogP contribution in [0.15, 0.2) is 4.42 Å². The zero-order chi connectivity index (χ0) is 13.5. The number of hydrogen-bond donors (Lipinski definition) is 2. The molecule has 1 aromatic rings. The van der Waals surface area contributed by atoms with Crippen molar-refractivity contribution in [1.29, 1.82) is 0 Å². The summed E-state index contributed by atoms with van der Waals surface area (Å²) in [6.07, 6.45) is 0.668. The molecule has 1 amide bonds. The lowest BCUT2D eigenvalue weighted by Gasteiger charge is -2.11. The molecule has 0 aliphatic carbocycles. The van der Waals surface area contributed by atoms with Gasteiger partial charge in [-0.2, -0.15) is 0 Å². The summed E-state index contributed by atoms with van der Waals surface area (Å²) in [6.45, 7) is 3.19. The second kappa shape index (κ2) is 7.00. The summed E-state index contributed by atoms with van der Waals surface area (Å²) < 4.78 is 5.28. The van der Waals surface area contributed by atoms with Gasteiger partial charge in [-0.25, -0.2) is 4.79 Å². The van der Waals surface area contributed by atoms with Gasteiger partial charge in [-0.05, 0) is 0 Å². The van der Waals surface area contributed by atoms with Crippen molar-refractivity contribution in [3.8, 4) is 0 Å². The molecule has 0 radical (unpaired) electrons. The summed E-state index contributed by atoms with van der Waals surface area (Å²) in [5.41, 5.74) is 0. The Hall–Kier alpha value is -1.57. The molecule has 7 nitrogen and oxygen atoms in total. The van der Waals surface area contributed by atoms with Crippen LogP contribution in [0.4, 0.5) is 0 Å². The third kappa shape index (κ3) is 4.74. The van der Waals surface area contributed by atoms with E-state index in [9.17, 15) is 9.59 Å². The van der Waals surface area contributed by atoms with Gasteiger partial charge in [-0.3, -0.25) is 4.79 Å². The quantitative estimate of drug-likeness (QED) is 0.743. The van der Waals surface area contributed by atoms with Crippen LogP contribution < -0.4 is 5.32 Å². The molecule has 0 saturated heterocycles. The summed E-state index contributed by atoms with van der Waals surface area (Å²) >= 11 is 1.32. The minimum atomic E-state index is -1.06. The van der Waals surface area contributed by atoms with E-state index in [4.69, 9.17) is 9.52 Å². The van der Waals surface area contributed by atoms with Crippen molar-refractivity contribution in [2.45, 2.75) is 32.1 Å². The maximum atomic E-state index is 10.8. The van der Waals surface area contributed by atoms with Crippen molar-refractivity contribution < 1.29 is 19.1 Å². The maximum Gasteiger partial charge on any atom is 0.327 e. The Morgan fingerprint density at radius 3 is 2.61 bits per heavy atom. The van der Waals surface area contributed by atoms with Gasteiger partial charge in [0.25, 0.3) is 0 Å². The molecule has 0 fully saturated rings. The van der Waals surface area contributed by atoms with Crippen LogP contribution in [-0.4, -0.2) is 39.0 Å². The molecule has 18 heavy (non-hydrogen) atoms. The number of amides is 1. The van der Waals surface area contributed by atoms with Crippen LogP contribution >= 0.6 is 11.8 Å². The molecule has 0 bridgehead atoms. The number of nitrogens with one attached hydrogen (secondary N) is 1. The number of aliphatic carboxylic acids is 1. The first-order chi connectivity index (χ1) is 8.52. The number of hydrogen-bond acceptors (Lipinski definition) is 6. The van der Waals surface area contributed by atoms with Gasteiger partial charge in [0.2, 0.25) is 17.7 Å². The van der Waals surface area contributed by atoms with Crippen LogP contribution in [0, 0.1) is 0 Å². The van der Waals surface area contributed by atoms with E-state index in [-0.39, 0.29) is 11.7 Å². The Kier molecular flexibility index (Phi) is 5.63. The topological polar surface area (TPSA) is 105 Å². The highest BCUT2D eigenvalue weighted by Gasteiger charge is 2.18. The van der Waals surface area contributed by atoms with E-state index in [2.05, 4.69) is 15.5 Å². The smallest absolute Gasteiger partial charge is 0.327 e. The second-order valence-corrected chi connectivity index (χ2v) is 4.58. The lowest BCUT2D eigenvalue weighted by atomic mass is 10.3. The molecule has 1 heterocycles. The van der Waals surface area contributed by atoms with Crippen LogP contribution in [-0.2, 0) is 21.8 Å². The van der Waals surface area contributed by atoms with Gasteiger partial charge < -0.3 is 14.8 Å². The van der Waals surface area contributed by atoms with Crippen molar-refractivity contribution in [3.63, 3.8) is 0 Å². The maximum absolute atomic E-state index is 10.8. The summed E-state index contributed by atoms with van der Waals surface area (Å²) in [7, 11) is 0. The number of nitrogens with zero attached hydrogens (tertiary/aromatic N) is 2. The van der Waals surface area contributed by atoms with E-state index in [0.717, 1.165) is 0 Å². The first-order valence-electron chi connectivity index (χ1n) is 5.41. The molecule has 1 aromatic heterocycles. The fourth-order valence-corrected chi connectivity index (χ4v) is 2.04. The summed E-state index contributed by atoms with van der Waals surface area (Å²) in [5.74, 6) is 0.271. The lowest BCUT2D eigenvalue weighted by Crippen LogP contribution is -2.41. The molecule has 0 spiro atoms. The first-order valence-corrected chi connectivity index (χ1v) is 6.57. The molecule has 1 rings (SSSR count). The van der Waals surface area contributed by atoms with Crippen LogP contribution in [0.25, 0.3) is 0 Å². The zero-order valence-corrected chi connectivity index (χ0v) is 11.0. The highest BCUT2D eigenvalue weighted by atomic mass is 32.2. The van der Waals surface area contributed by atoms with Crippen LogP contribution in [0.1, 0.15) is 25.6 Å². The Balaban J connectivity index is 2.38. The molecular weight excluding hydrogens is 258 g/mol. The molecular formula is C10H15N3O4S. The Bertz CT molecular complexity index is 421. The van der Waals surface area contributed by atoms with Gasteiger partial charge in [-0.1, -0.05) is 6.92 Å². The van der Waals surface area contributed by atoms with Gasteiger partial charge in [0, 0.05) is 19.1 Å². The number of rotatable bonds is 7. The first kappa shape index (κ1) is 14.5. The molecule has 1 atom stereocenters. The lowest BCUT2D eigenvalue weighted by molar-refractivity contribution is -0.140. The number of aromatic nitrogens is 2. The SMILES string of the molecule is CCc1nnc(CSCC(NC(C)=O)C(=O)O)o1. The molecule has 0 saturated carbocycles. The number of carbonyl (C=O) groups is 2. The van der Waals surface area contributed by atoms with Gasteiger partial charge in [0.1, 0.15) is 6.04 Å². The summed E-state index contributed by atoms with van der Waals surface area (Å²) in [6, 6.07) is -0.902. The van der Waals surface area contributed by atoms with E-state index in [1.54, 1.807) is 0 Å². The van der Waals surface area contributed by atoms with E-state index in [1.807, 2.05) is 6.92 Å². The molecule has 100 valence electrons. The number of carboxylic acid groups (broad SMARTS) is 1. The van der Waals surface area contributed by atoms with Crippen molar-refractivity contribution in [1.82, 2.24) is 15.5 Å². The number of carbonyl (C=O) groups excluding carboxylic acids is 1. The minimum absolute atomic E-state index is 0.249. The third-order valence-electron chi connectivity index (χ3n) is 2.00. The highest BCUT2D eigenvalue weighted by Crippen LogP contribution is 2.12. The highest BCUT2D eigenvalue weighted by molar-refractivity contribution is 7.98. The molecule has 0 aliphatic heterocycles.